The summed E-state index contributed by atoms with van der Waals surface area (Å²) >= 11 is 0. The summed E-state index contributed by atoms with van der Waals surface area (Å²) in [6, 6.07) is 21.4. The van der Waals surface area contributed by atoms with Gasteiger partial charge in [0.05, 0.1) is 12.6 Å². The average molecular weight is 361 g/mol. The Balaban J connectivity index is 1.87. The molecule has 0 saturated carbocycles. The van der Waals surface area contributed by atoms with E-state index in [4.69, 9.17) is 0 Å². The Labute approximate surface area is 158 Å². The molecular weight excluding hydrogens is 338 g/mol. The molecule has 4 rings (SSSR count). The normalized spacial score (nSPS) is 16.6. The lowest BCUT2D eigenvalue weighted by molar-refractivity contribution is 0.0604. The quantitative estimate of drug-likeness (QED) is 0.717. The maximum Gasteiger partial charge on any atom is 0.272 e. The molecule has 1 aromatic heterocycles. The van der Waals surface area contributed by atoms with Gasteiger partial charge in [-0.3, -0.25) is 14.3 Å². The molecule has 1 amide bonds. The Hall–Kier alpha value is -3.08. The van der Waals surface area contributed by atoms with Crippen LogP contribution in [0, 0.1) is 0 Å². The van der Waals surface area contributed by atoms with Gasteiger partial charge in [-0.15, -0.1) is 0 Å². The van der Waals surface area contributed by atoms with Crippen molar-refractivity contribution in [2.75, 3.05) is 6.54 Å². The van der Waals surface area contributed by atoms with Crippen LogP contribution in [0.15, 0.2) is 71.5 Å². The van der Waals surface area contributed by atoms with Crippen LogP contribution in [0.1, 0.15) is 41.5 Å². The van der Waals surface area contributed by atoms with Crippen LogP contribution in [-0.2, 0) is 6.54 Å². The lowest BCUT2D eigenvalue weighted by Crippen LogP contribution is -2.48. The fraction of sp³-hybridized carbons (Fsp3) is 0.273. The molecule has 5 heteroatoms. The molecule has 0 aliphatic carbocycles. The van der Waals surface area contributed by atoms with Gasteiger partial charge in [-0.25, -0.2) is 4.68 Å². The molecule has 1 atom stereocenters. The van der Waals surface area contributed by atoms with Gasteiger partial charge >= 0.3 is 0 Å². The lowest BCUT2D eigenvalue weighted by Gasteiger charge is -2.38. The highest BCUT2D eigenvalue weighted by Gasteiger charge is 2.35. The van der Waals surface area contributed by atoms with Crippen molar-refractivity contribution in [3.63, 3.8) is 0 Å². The van der Waals surface area contributed by atoms with Crippen LogP contribution in [0.3, 0.4) is 0 Å². The molecule has 2 heterocycles. The predicted molar refractivity (Wildman–Crippen MR) is 105 cm³/mol. The van der Waals surface area contributed by atoms with E-state index in [1.54, 1.807) is 4.68 Å². The van der Waals surface area contributed by atoms with Gasteiger partial charge in [0, 0.05) is 18.7 Å². The van der Waals surface area contributed by atoms with Gasteiger partial charge in [-0.05, 0) is 25.0 Å². The summed E-state index contributed by atoms with van der Waals surface area (Å²) in [5.74, 6) is -0.0823. The van der Waals surface area contributed by atoms with Crippen molar-refractivity contribution >= 4 is 5.91 Å². The second kappa shape index (κ2) is 6.91. The zero-order valence-corrected chi connectivity index (χ0v) is 15.6. The van der Waals surface area contributed by atoms with Gasteiger partial charge in [0.2, 0.25) is 0 Å². The third kappa shape index (κ3) is 3.10. The van der Waals surface area contributed by atoms with Crippen molar-refractivity contribution in [3.05, 3.63) is 93.9 Å². The first-order valence-electron chi connectivity index (χ1n) is 9.28. The summed E-state index contributed by atoms with van der Waals surface area (Å²) in [7, 11) is 0. The van der Waals surface area contributed by atoms with Crippen LogP contribution >= 0.6 is 0 Å². The minimum absolute atomic E-state index is 0.0741. The topological polar surface area (TPSA) is 47.2 Å². The zero-order valence-electron chi connectivity index (χ0n) is 15.6. The summed E-state index contributed by atoms with van der Waals surface area (Å²) in [6.07, 6.45) is 0. The smallest absolute Gasteiger partial charge is 0.272 e. The van der Waals surface area contributed by atoms with Crippen LogP contribution in [0.5, 0.6) is 0 Å². The van der Waals surface area contributed by atoms with Crippen LogP contribution in [0.25, 0.3) is 0 Å². The highest BCUT2D eigenvalue weighted by atomic mass is 16.2. The van der Waals surface area contributed by atoms with Crippen LogP contribution in [0.4, 0.5) is 0 Å². The van der Waals surface area contributed by atoms with Crippen molar-refractivity contribution in [3.8, 4) is 0 Å². The molecule has 1 aliphatic heterocycles. The molecule has 27 heavy (non-hydrogen) atoms. The molecule has 1 aliphatic rings. The highest BCUT2D eigenvalue weighted by Crippen LogP contribution is 2.28. The molecule has 0 bridgehead atoms. The second-order valence-electron chi connectivity index (χ2n) is 7.23. The Bertz CT molecular complexity index is 1000. The molecule has 0 radical (unpaired) electrons. The average Bonchev–Trinajstić information content (AvgIpc) is 3.00. The molecule has 0 N–H and O–H groups in total. The fourth-order valence-electron chi connectivity index (χ4n) is 3.76. The van der Waals surface area contributed by atoms with E-state index in [2.05, 4.69) is 12.1 Å². The summed E-state index contributed by atoms with van der Waals surface area (Å²) in [5, 5.41) is 0. The Morgan fingerprint density at radius 3 is 2.22 bits per heavy atom. The minimum atomic E-state index is -0.145. The van der Waals surface area contributed by atoms with E-state index >= 15 is 0 Å². The standard InChI is InChI=1S/C22H23N3O2/c1-16(2)23-15-20(18-11-7-4-8-12-18)25-19(22(23)27)13-21(26)24(25)14-17-9-5-3-6-10-17/h3-13,16,20H,14-15H2,1-2H3. The van der Waals surface area contributed by atoms with Gasteiger partial charge in [-0.1, -0.05) is 60.7 Å². The summed E-state index contributed by atoms with van der Waals surface area (Å²) < 4.78 is 3.59. The Kier molecular flexibility index (Phi) is 4.44. The van der Waals surface area contributed by atoms with E-state index in [0.29, 0.717) is 18.8 Å². The van der Waals surface area contributed by atoms with E-state index in [0.717, 1.165) is 11.1 Å². The first-order valence-corrected chi connectivity index (χ1v) is 9.28. The molecular formula is C22H23N3O2. The molecule has 2 aromatic carbocycles. The van der Waals surface area contributed by atoms with E-state index in [9.17, 15) is 9.59 Å². The first kappa shape index (κ1) is 17.3. The summed E-state index contributed by atoms with van der Waals surface area (Å²) in [4.78, 5) is 27.6. The predicted octanol–water partition coefficient (Wildman–Crippen LogP) is 3.15. The fourth-order valence-corrected chi connectivity index (χ4v) is 3.76. The largest absolute Gasteiger partial charge is 0.332 e. The van der Waals surface area contributed by atoms with E-state index in [-0.39, 0.29) is 23.6 Å². The van der Waals surface area contributed by atoms with Gasteiger partial charge in [0.15, 0.2) is 0 Å². The monoisotopic (exact) mass is 361 g/mol. The minimum Gasteiger partial charge on any atom is -0.332 e. The van der Waals surface area contributed by atoms with Crippen molar-refractivity contribution in [1.29, 1.82) is 0 Å². The molecule has 0 saturated heterocycles. The van der Waals surface area contributed by atoms with Gasteiger partial charge < -0.3 is 4.90 Å². The summed E-state index contributed by atoms with van der Waals surface area (Å²) in [5.41, 5.74) is 2.44. The van der Waals surface area contributed by atoms with Crippen molar-refractivity contribution in [2.45, 2.75) is 32.5 Å². The van der Waals surface area contributed by atoms with Gasteiger partial charge in [0.25, 0.3) is 11.5 Å². The van der Waals surface area contributed by atoms with Crippen molar-refractivity contribution in [2.24, 2.45) is 0 Å². The molecule has 1 unspecified atom stereocenters. The van der Waals surface area contributed by atoms with E-state index in [1.807, 2.05) is 72.0 Å². The number of amides is 1. The molecule has 5 nitrogen and oxygen atoms in total. The van der Waals surface area contributed by atoms with Crippen molar-refractivity contribution in [1.82, 2.24) is 14.3 Å². The number of aromatic nitrogens is 2. The van der Waals surface area contributed by atoms with Gasteiger partial charge in [0.1, 0.15) is 5.69 Å². The SMILES string of the molecule is CC(C)N1CC(c2ccccc2)n2c(cc(=O)n2Cc2ccccc2)C1=O. The van der Waals surface area contributed by atoms with Crippen LogP contribution in [-0.4, -0.2) is 32.8 Å². The Morgan fingerprint density at radius 2 is 1.59 bits per heavy atom. The van der Waals surface area contributed by atoms with Crippen LogP contribution < -0.4 is 5.56 Å². The van der Waals surface area contributed by atoms with Crippen LogP contribution in [0.2, 0.25) is 0 Å². The lowest BCUT2D eigenvalue weighted by atomic mass is 10.0. The van der Waals surface area contributed by atoms with E-state index < -0.39 is 0 Å². The Morgan fingerprint density at radius 1 is 0.963 bits per heavy atom. The molecule has 0 fully saturated rings. The number of hydrogen-bond donors (Lipinski definition) is 0. The number of rotatable bonds is 4. The second-order valence-corrected chi connectivity index (χ2v) is 7.23. The van der Waals surface area contributed by atoms with Gasteiger partial charge in [-0.2, -0.15) is 0 Å². The summed E-state index contributed by atoms with van der Waals surface area (Å²) in [6.45, 7) is 5.01. The molecule has 0 spiro atoms. The first-order chi connectivity index (χ1) is 13.1. The maximum absolute atomic E-state index is 13.0. The molecule has 3 aromatic rings. The maximum atomic E-state index is 13.0. The molecule has 138 valence electrons. The third-order valence-electron chi connectivity index (χ3n) is 5.15. The highest BCUT2D eigenvalue weighted by molar-refractivity contribution is 5.93. The third-order valence-corrected chi connectivity index (χ3v) is 5.15. The number of fused-ring (bicyclic) bond motifs is 1. The van der Waals surface area contributed by atoms with Crippen molar-refractivity contribution < 1.29 is 4.79 Å². The van der Waals surface area contributed by atoms with E-state index in [1.165, 1.54) is 6.07 Å². The number of nitrogens with zero attached hydrogens (tertiary/aromatic N) is 3. The number of benzene rings is 2. The number of carbonyl (C=O) groups excluding carboxylic acids is 1. The number of carbonyl (C=O) groups is 1. The number of hydrogen-bond acceptors (Lipinski definition) is 2. The zero-order chi connectivity index (χ0) is 19.0.